The van der Waals surface area contributed by atoms with Crippen molar-refractivity contribution in [3.8, 4) is 11.1 Å². The Morgan fingerprint density at radius 3 is 2.06 bits per heavy atom. The van der Waals surface area contributed by atoms with Crippen LogP contribution in [0, 0.1) is 5.82 Å². The lowest BCUT2D eigenvalue weighted by molar-refractivity contribution is -0.140. The molecule has 0 N–H and O–H groups in total. The third-order valence-electron chi connectivity index (χ3n) is 7.28. The van der Waals surface area contributed by atoms with Crippen LogP contribution in [0.5, 0.6) is 0 Å². The minimum Gasteiger partial charge on any atom is -0.373 e. The number of rotatable bonds is 8. The van der Waals surface area contributed by atoms with E-state index in [-0.39, 0.29) is 36.2 Å². The average Bonchev–Trinajstić information content (AvgIpc) is 2.88. The Labute approximate surface area is 211 Å². The molecular formula is C31H34F4O. The van der Waals surface area contributed by atoms with Gasteiger partial charge in [-0.2, -0.15) is 13.2 Å². The Hall–Kier alpha value is -2.66. The van der Waals surface area contributed by atoms with Gasteiger partial charge in [-0.3, -0.25) is 0 Å². The van der Waals surface area contributed by atoms with Crippen LogP contribution in [0.2, 0.25) is 0 Å². The maximum absolute atomic E-state index is 15.2. The Kier molecular flexibility index (Phi) is 8.50. The number of halogens is 4. The largest absolute Gasteiger partial charge is 0.419 e. The zero-order valence-corrected chi connectivity index (χ0v) is 21.0. The number of aryl methyl sites for hydroxylation is 2. The van der Waals surface area contributed by atoms with Crippen molar-refractivity contribution in [3.63, 3.8) is 0 Å². The minimum absolute atomic E-state index is 0.0521. The predicted octanol–water partition coefficient (Wildman–Crippen LogP) is 9.44. The number of benzene rings is 3. The highest BCUT2D eigenvalue weighted by Crippen LogP contribution is 2.41. The van der Waals surface area contributed by atoms with Crippen LogP contribution in [0.25, 0.3) is 11.1 Å². The van der Waals surface area contributed by atoms with E-state index in [4.69, 9.17) is 4.74 Å². The third-order valence-corrected chi connectivity index (χ3v) is 7.28. The normalized spacial score (nSPS) is 18.4. The summed E-state index contributed by atoms with van der Waals surface area (Å²) >= 11 is 0. The van der Waals surface area contributed by atoms with Crippen molar-refractivity contribution < 1.29 is 22.3 Å². The number of alkyl halides is 3. The van der Waals surface area contributed by atoms with Gasteiger partial charge in [-0.1, -0.05) is 87.4 Å². The lowest BCUT2D eigenvalue weighted by Crippen LogP contribution is -2.22. The quantitative estimate of drug-likeness (QED) is 0.222. The topological polar surface area (TPSA) is 9.23 Å². The van der Waals surface area contributed by atoms with Gasteiger partial charge in [0.25, 0.3) is 0 Å². The first-order valence-electron chi connectivity index (χ1n) is 13.0. The summed E-state index contributed by atoms with van der Waals surface area (Å²) in [7, 11) is 0. The number of ether oxygens (including phenoxy) is 1. The molecule has 3 aromatic carbocycles. The third kappa shape index (κ3) is 6.00. The van der Waals surface area contributed by atoms with Gasteiger partial charge >= 0.3 is 6.18 Å². The highest BCUT2D eigenvalue weighted by molar-refractivity contribution is 5.64. The van der Waals surface area contributed by atoms with Crippen molar-refractivity contribution >= 4 is 0 Å². The van der Waals surface area contributed by atoms with E-state index in [1.54, 1.807) is 6.07 Å². The molecule has 36 heavy (non-hydrogen) atoms. The summed E-state index contributed by atoms with van der Waals surface area (Å²) in [6, 6.07) is 19.7. The van der Waals surface area contributed by atoms with Crippen LogP contribution in [0.15, 0.2) is 60.7 Å². The first-order chi connectivity index (χ1) is 17.3. The lowest BCUT2D eigenvalue weighted by Gasteiger charge is -2.30. The second kappa shape index (κ2) is 11.6. The highest BCUT2D eigenvalue weighted by Gasteiger charge is 2.39. The smallest absolute Gasteiger partial charge is 0.373 e. The summed E-state index contributed by atoms with van der Waals surface area (Å²) in [5, 5.41) is 0. The van der Waals surface area contributed by atoms with Crippen molar-refractivity contribution in [3.05, 3.63) is 94.3 Å². The molecule has 1 nitrogen and oxygen atoms in total. The monoisotopic (exact) mass is 498 g/mol. The number of hydrogen-bond acceptors (Lipinski definition) is 1. The van der Waals surface area contributed by atoms with Gasteiger partial charge in [0, 0.05) is 5.92 Å². The number of hydrogen-bond donors (Lipinski definition) is 0. The van der Waals surface area contributed by atoms with Gasteiger partial charge < -0.3 is 4.74 Å². The summed E-state index contributed by atoms with van der Waals surface area (Å²) < 4.78 is 62.6. The summed E-state index contributed by atoms with van der Waals surface area (Å²) in [5.41, 5.74) is 3.67. The lowest BCUT2D eigenvalue weighted by atomic mass is 9.86. The van der Waals surface area contributed by atoms with Gasteiger partial charge in [0.05, 0.1) is 18.3 Å². The Bertz CT molecular complexity index is 1120. The first-order valence-corrected chi connectivity index (χ1v) is 13.0. The van der Waals surface area contributed by atoms with E-state index in [1.165, 1.54) is 11.6 Å². The standard InChI is InChI=1S/C31H34F4O/c1-3-5-6-7-25-16-18-27(30(32)29(25)31(33,34)35)26-17-19-28(36-20-26)24-14-12-23(13-15-24)22-10-8-21(4-2)9-11-22/h8-16,18,26,28H,3-7,17,19-20H2,1-2H3. The van der Waals surface area contributed by atoms with E-state index in [9.17, 15) is 13.2 Å². The van der Waals surface area contributed by atoms with Crippen molar-refractivity contribution in [2.75, 3.05) is 6.61 Å². The highest BCUT2D eigenvalue weighted by atomic mass is 19.4. The summed E-state index contributed by atoms with van der Waals surface area (Å²) in [5.74, 6) is -1.51. The van der Waals surface area contributed by atoms with Crippen LogP contribution in [0.4, 0.5) is 17.6 Å². The molecule has 1 fully saturated rings. The zero-order chi connectivity index (χ0) is 25.7. The van der Waals surface area contributed by atoms with Crippen LogP contribution < -0.4 is 0 Å². The molecule has 5 heteroatoms. The average molecular weight is 499 g/mol. The molecule has 0 spiro atoms. The van der Waals surface area contributed by atoms with Crippen LogP contribution in [-0.4, -0.2) is 6.61 Å². The minimum atomic E-state index is -4.71. The molecule has 0 aliphatic carbocycles. The maximum atomic E-state index is 15.2. The molecule has 3 aromatic rings. The van der Waals surface area contributed by atoms with E-state index >= 15 is 4.39 Å². The molecule has 192 valence electrons. The molecular weight excluding hydrogens is 464 g/mol. The zero-order valence-electron chi connectivity index (χ0n) is 21.0. The first kappa shape index (κ1) is 26.4. The van der Waals surface area contributed by atoms with E-state index in [0.717, 1.165) is 36.0 Å². The van der Waals surface area contributed by atoms with E-state index in [0.29, 0.717) is 19.3 Å². The van der Waals surface area contributed by atoms with Gasteiger partial charge in [0.15, 0.2) is 0 Å². The fourth-order valence-electron chi connectivity index (χ4n) is 5.11. The molecule has 0 saturated carbocycles. The van der Waals surface area contributed by atoms with Gasteiger partial charge in [0.1, 0.15) is 5.82 Å². The molecule has 2 atom stereocenters. The van der Waals surface area contributed by atoms with Gasteiger partial charge in [-0.25, -0.2) is 4.39 Å². The summed E-state index contributed by atoms with van der Waals surface area (Å²) in [6.45, 7) is 4.32. The van der Waals surface area contributed by atoms with Crippen molar-refractivity contribution in [2.45, 2.75) is 77.0 Å². The molecule has 0 aromatic heterocycles. The van der Waals surface area contributed by atoms with Gasteiger partial charge in [-0.15, -0.1) is 0 Å². The fourth-order valence-corrected chi connectivity index (χ4v) is 5.11. The Morgan fingerprint density at radius 1 is 0.833 bits per heavy atom. The van der Waals surface area contributed by atoms with Crippen molar-refractivity contribution in [1.82, 2.24) is 0 Å². The van der Waals surface area contributed by atoms with E-state index in [2.05, 4.69) is 43.3 Å². The van der Waals surface area contributed by atoms with Crippen LogP contribution >= 0.6 is 0 Å². The van der Waals surface area contributed by atoms with E-state index in [1.807, 2.05) is 19.1 Å². The molecule has 0 bridgehead atoms. The van der Waals surface area contributed by atoms with Crippen LogP contribution in [-0.2, 0) is 23.8 Å². The van der Waals surface area contributed by atoms with Crippen LogP contribution in [0.3, 0.4) is 0 Å². The van der Waals surface area contributed by atoms with Gasteiger partial charge in [-0.05, 0) is 65.5 Å². The SMILES string of the molecule is CCCCCc1ccc(C2CCC(c3ccc(-c4ccc(CC)cc4)cc3)OC2)c(F)c1C(F)(F)F. The second-order valence-corrected chi connectivity index (χ2v) is 9.73. The molecule has 1 aliphatic heterocycles. The molecule has 0 amide bonds. The van der Waals surface area contributed by atoms with Crippen LogP contribution in [0.1, 0.15) is 85.8 Å². The molecule has 1 heterocycles. The molecule has 2 unspecified atom stereocenters. The maximum Gasteiger partial charge on any atom is 0.419 e. The summed E-state index contributed by atoms with van der Waals surface area (Å²) in [6.07, 6.45) is -0.0553. The molecule has 1 saturated heterocycles. The Morgan fingerprint density at radius 2 is 1.50 bits per heavy atom. The van der Waals surface area contributed by atoms with Gasteiger partial charge in [0.2, 0.25) is 0 Å². The molecule has 0 radical (unpaired) electrons. The molecule has 1 aliphatic rings. The number of unbranched alkanes of at least 4 members (excludes halogenated alkanes) is 2. The predicted molar refractivity (Wildman–Crippen MR) is 137 cm³/mol. The second-order valence-electron chi connectivity index (χ2n) is 9.73. The Balaban J connectivity index is 1.44. The van der Waals surface area contributed by atoms with Crippen molar-refractivity contribution in [2.24, 2.45) is 0 Å². The molecule has 4 rings (SSSR count). The van der Waals surface area contributed by atoms with E-state index < -0.39 is 17.6 Å². The fraction of sp³-hybridized carbons (Fsp3) is 0.419. The van der Waals surface area contributed by atoms with Crippen molar-refractivity contribution in [1.29, 1.82) is 0 Å². The summed E-state index contributed by atoms with van der Waals surface area (Å²) in [4.78, 5) is 0.